The van der Waals surface area contributed by atoms with Gasteiger partial charge >= 0.3 is 0 Å². The standard InChI is InChI=1S/C15H17ClN2O3/c1-10(2)15(19)11-5-6-17(8-11)9-12-7-13(16)3-4-14(12)18(20)21/h3-8,10,15,19H,9H2,1-2H3. The van der Waals surface area contributed by atoms with Crippen molar-refractivity contribution in [3.05, 3.63) is 62.9 Å². The summed E-state index contributed by atoms with van der Waals surface area (Å²) < 4.78 is 1.81. The first-order chi connectivity index (χ1) is 9.88. The quantitative estimate of drug-likeness (QED) is 0.675. The highest BCUT2D eigenvalue weighted by Gasteiger charge is 2.16. The molecule has 0 saturated carbocycles. The van der Waals surface area contributed by atoms with Crippen molar-refractivity contribution in [2.75, 3.05) is 0 Å². The van der Waals surface area contributed by atoms with Gasteiger partial charge in [-0.25, -0.2) is 0 Å². The van der Waals surface area contributed by atoms with Crippen molar-refractivity contribution in [2.24, 2.45) is 5.92 Å². The molecule has 0 bridgehead atoms. The van der Waals surface area contributed by atoms with E-state index in [-0.39, 0.29) is 11.6 Å². The van der Waals surface area contributed by atoms with E-state index >= 15 is 0 Å². The molecule has 1 atom stereocenters. The number of halogens is 1. The van der Waals surface area contributed by atoms with Gasteiger partial charge < -0.3 is 9.67 Å². The van der Waals surface area contributed by atoms with Crippen LogP contribution in [0.3, 0.4) is 0 Å². The van der Waals surface area contributed by atoms with Crippen molar-refractivity contribution in [3.8, 4) is 0 Å². The van der Waals surface area contributed by atoms with E-state index in [9.17, 15) is 15.2 Å². The van der Waals surface area contributed by atoms with Gasteiger partial charge in [-0.2, -0.15) is 0 Å². The van der Waals surface area contributed by atoms with E-state index in [0.29, 0.717) is 17.1 Å². The Bertz CT molecular complexity index is 652. The zero-order valence-electron chi connectivity index (χ0n) is 11.9. The molecule has 1 unspecified atom stereocenters. The molecule has 1 aromatic carbocycles. The largest absolute Gasteiger partial charge is 0.388 e. The van der Waals surface area contributed by atoms with Crippen LogP contribution in [-0.2, 0) is 6.54 Å². The average molecular weight is 309 g/mol. The maximum absolute atomic E-state index is 11.0. The Morgan fingerprint density at radius 3 is 2.71 bits per heavy atom. The van der Waals surface area contributed by atoms with E-state index < -0.39 is 11.0 Å². The lowest BCUT2D eigenvalue weighted by molar-refractivity contribution is -0.385. The number of aliphatic hydroxyl groups is 1. The van der Waals surface area contributed by atoms with Crippen molar-refractivity contribution < 1.29 is 10.0 Å². The molecule has 0 amide bonds. The smallest absolute Gasteiger partial charge is 0.274 e. The topological polar surface area (TPSA) is 68.3 Å². The minimum Gasteiger partial charge on any atom is -0.388 e. The second-order valence-corrected chi connectivity index (χ2v) is 5.77. The Labute approximate surface area is 127 Å². The fourth-order valence-corrected chi connectivity index (χ4v) is 2.37. The number of rotatable bonds is 5. The monoisotopic (exact) mass is 308 g/mol. The van der Waals surface area contributed by atoms with Crippen molar-refractivity contribution >= 4 is 17.3 Å². The lowest BCUT2D eigenvalue weighted by Crippen LogP contribution is -2.05. The fraction of sp³-hybridized carbons (Fsp3) is 0.333. The third kappa shape index (κ3) is 3.62. The van der Waals surface area contributed by atoms with Crippen LogP contribution >= 0.6 is 11.6 Å². The molecule has 0 radical (unpaired) electrons. The highest BCUT2D eigenvalue weighted by molar-refractivity contribution is 6.30. The minimum atomic E-state index is -0.541. The van der Waals surface area contributed by atoms with Crippen LogP contribution in [-0.4, -0.2) is 14.6 Å². The number of hydrogen-bond acceptors (Lipinski definition) is 3. The average Bonchev–Trinajstić information content (AvgIpc) is 2.85. The van der Waals surface area contributed by atoms with Gasteiger partial charge in [-0.3, -0.25) is 10.1 Å². The molecule has 5 nitrogen and oxygen atoms in total. The third-order valence-corrected chi connectivity index (χ3v) is 3.57. The summed E-state index contributed by atoms with van der Waals surface area (Å²) in [5.41, 5.74) is 1.38. The van der Waals surface area contributed by atoms with Gasteiger partial charge in [0, 0.05) is 23.5 Å². The van der Waals surface area contributed by atoms with Gasteiger partial charge in [0.05, 0.1) is 23.1 Å². The van der Waals surface area contributed by atoms with Crippen molar-refractivity contribution in [1.82, 2.24) is 4.57 Å². The Balaban J connectivity index is 2.26. The second kappa shape index (κ2) is 6.28. The number of hydrogen-bond donors (Lipinski definition) is 1. The number of benzene rings is 1. The van der Waals surface area contributed by atoms with Crippen molar-refractivity contribution in [3.63, 3.8) is 0 Å². The number of nitro benzene ring substituents is 1. The number of aromatic nitrogens is 1. The van der Waals surface area contributed by atoms with E-state index in [2.05, 4.69) is 0 Å². The zero-order valence-corrected chi connectivity index (χ0v) is 12.6. The van der Waals surface area contributed by atoms with E-state index in [1.54, 1.807) is 23.0 Å². The van der Waals surface area contributed by atoms with Gasteiger partial charge in [0.1, 0.15) is 0 Å². The summed E-state index contributed by atoms with van der Waals surface area (Å²) in [6.07, 6.45) is 3.06. The molecule has 6 heteroatoms. The molecule has 112 valence electrons. The molecule has 1 N–H and O–H groups in total. The van der Waals surface area contributed by atoms with E-state index in [1.807, 2.05) is 19.9 Å². The van der Waals surface area contributed by atoms with Crippen molar-refractivity contribution in [2.45, 2.75) is 26.5 Å². The van der Waals surface area contributed by atoms with Gasteiger partial charge in [-0.05, 0) is 29.7 Å². The first-order valence-corrected chi connectivity index (χ1v) is 7.03. The summed E-state index contributed by atoms with van der Waals surface area (Å²) in [7, 11) is 0. The second-order valence-electron chi connectivity index (χ2n) is 5.34. The lowest BCUT2D eigenvalue weighted by Gasteiger charge is -2.12. The molecule has 0 aliphatic heterocycles. The maximum atomic E-state index is 11.0. The van der Waals surface area contributed by atoms with Crippen LogP contribution in [0.1, 0.15) is 31.1 Å². The highest BCUT2D eigenvalue weighted by Crippen LogP contribution is 2.25. The summed E-state index contributed by atoms with van der Waals surface area (Å²) in [5, 5.41) is 21.5. The molecule has 2 aromatic rings. The van der Waals surface area contributed by atoms with Crippen molar-refractivity contribution in [1.29, 1.82) is 0 Å². The van der Waals surface area contributed by atoms with E-state index in [4.69, 9.17) is 11.6 Å². The number of nitro groups is 1. The first-order valence-electron chi connectivity index (χ1n) is 6.65. The van der Waals surface area contributed by atoms with Crippen LogP contribution in [0.15, 0.2) is 36.7 Å². The first kappa shape index (κ1) is 15.5. The summed E-state index contributed by atoms with van der Waals surface area (Å²) in [6, 6.07) is 6.33. The van der Waals surface area contributed by atoms with Gasteiger partial charge in [0.2, 0.25) is 0 Å². The zero-order chi connectivity index (χ0) is 15.6. The maximum Gasteiger partial charge on any atom is 0.274 e. The molecular weight excluding hydrogens is 292 g/mol. The predicted molar refractivity (Wildman–Crippen MR) is 81.4 cm³/mol. The van der Waals surface area contributed by atoms with E-state index in [1.165, 1.54) is 12.1 Å². The molecule has 2 rings (SSSR count). The Morgan fingerprint density at radius 2 is 2.10 bits per heavy atom. The van der Waals surface area contributed by atoms with Crippen LogP contribution in [0.4, 0.5) is 5.69 Å². The van der Waals surface area contributed by atoms with Crippen LogP contribution in [0.5, 0.6) is 0 Å². The number of aliphatic hydroxyl groups excluding tert-OH is 1. The molecular formula is C15H17ClN2O3. The SMILES string of the molecule is CC(C)C(O)c1ccn(Cc2cc(Cl)ccc2[N+](=O)[O-])c1. The van der Waals surface area contributed by atoms with Crippen LogP contribution in [0.2, 0.25) is 5.02 Å². The Kier molecular flexibility index (Phi) is 4.65. The third-order valence-electron chi connectivity index (χ3n) is 3.34. The molecule has 1 heterocycles. The van der Waals surface area contributed by atoms with Crippen LogP contribution in [0.25, 0.3) is 0 Å². The summed E-state index contributed by atoms with van der Waals surface area (Å²) in [4.78, 5) is 10.6. The highest BCUT2D eigenvalue weighted by atomic mass is 35.5. The van der Waals surface area contributed by atoms with E-state index in [0.717, 1.165) is 5.56 Å². The summed E-state index contributed by atoms with van der Waals surface area (Å²) in [5.74, 6) is 0.112. The van der Waals surface area contributed by atoms with Gasteiger partial charge in [0.15, 0.2) is 0 Å². The molecule has 0 aliphatic carbocycles. The Hall–Kier alpha value is -1.85. The predicted octanol–water partition coefficient (Wildman–Crippen LogP) is 3.79. The molecule has 0 fully saturated rings. The Morgan fingerprint density at radius 1 is 1.38 bits per heavy atom. The molecule has 0 spiro atoms. The number of nitrogens with zero attached hydrogens (tertiary/aromatic N) is 2. The van der Waals surface area contributed by atoms with Gasteiger partial charge in [-0.1, -0.05) is 25.4 Å². The summed E-state index contributed by atoms with van der Waals surface area (Å²) >= 11 is 5.91. The molecule has 0 saturated heterocycles. The van der Waals surface area contributed by atoms with Gasteiger partial charge in [-0.15, -0.1) is 0 Å². The summed E-state index contributed by atoms with van der Waals surface area (Å²) in [6.45, 7) is 4.20. The van der Waals surface area contributed by atoms with Crippen LogP contribution in [0, 0.1) is 16.0 Å². The lowest BCUT2D eigenvalue weighted by atomic mass is 10.0. The molecule has 21 heavy (non-hydrogen) atoms. The normalized spacial score (nSPS) is 12.6. The fourth-order valence-electron chi connectivity index (χ4n) is 2.17. The van der Waals surface area contributed by atoms with Gasteiger partial charge in [0.25, 0.3) is 5.69 Å². The minimum absolute atomic E-state index is 0.0408. The molecule has 0 aliphatic rings. The molecule has 1 aromatic heterocycles. The van der Waals surface area contributed by atoms with Crippen LogP contribution < -0.4 is 0 Å².